The second kappa shape index (κ2) is 11.6. The maximum absolute atomic E-state index is 12.7. The molecule has 0 saturated heterocycles. The zero-order chi connectivity index (χ0) is 19.8. The summed E-state index contributed by atoms with van der Waals surface area (Å²) in [4.78, 5) is 8.74. The molecule has 0 fully saturated rings. The van der Waals surface area contributed by atoms with Crippen LogP contribution in [0.4, 0.5) is 8.78 Å². The van der Waals surface area contributed by atoms with Crippen LogP contribution in [0.1, 0.15) is 18.2 Å². The molecule has 2 heterocycles. The second-order valence-corrected chi connectivity index (χ2v) is 5.88. The molecule has 158 valence electrons. The molecule has 2 aromatic rings. The lowest BCUT2D eigenvalue weighted by molar-refractivity contribution is -0.0505. The lowest BCUT2D eigenvalue weighted by Gasteiger charge is -2.13. The molecular weight excluding hydrogens is 497 g/mol. The normalized spacial score (nSPS) is 12.5. The minimum absolute atomic E-state index is 0. The van der Waals surface area contributed by atoms with Crippen molar-refractivity contribution in [3.05, 3.63) is 47.8 Å². The smallest absolute Gasteiger partial charge is 0.387 e. The summed E-state index contributed by atoms with van der Waals surface area (Å²) >= 11 is 0. The van der Waals surface area contributed by atoms with Crippen LogP contribution in [-0.4, -0.2) is 37.4 Å². The van der Waals surface area contributed by atoms with E-state index in [1.807, 2.05) is 25.1 Å². The first kappa shape index (κ1) is 22.9. The van der Waals surface area contributed by atoms with Crippen LogP contribution in [0.25, 0.3) is 0 Å². The summed E-state index contributed by atoms with van der Waals surface area (Å²) in [6.45, 7) is 0.488. The van der Waals surface area contributed by atoms with E-state index in [0.717, 1.165) is 12.1 Å². The molecule has 1 aliphatic heterocycles. The van der Waals surface area contributed by atoms with Crippen molar-refractivity contribution in [1.29, 1.82) is 0 Å². The molecule has 10 heteroatoms. The first-order valence-corrected chi connectivity index (χ1v) is 8.95. The molecular formula is C19H23F2IN4O3. The van der Waals surface area contributed by atoms with E-state index in [4.69, 9.17) is 9.47 Å². The largest absolute Gasteiger partial charge is 0.454 e. The highest BCUT2D eigenvalue weighted by Gasteiger charge is 2.20. The number of fused-ring (bicyclic) bond motifs is 1. The lowest BCUT2D eigenvalue weighted by atomic mass is 10.1. The van der Waals surface area contributed by atoms with Crippen molar-refractivity contribution in [2.24, 2.45) is 4.99 Å². The van der Waals surface area contributed by atoms with Gasteiger partial charge in [-0.2, -0.15) is 8.78 Å². The fourth-order valence-corrected chi connectivity index (χ4v) is 2.66. The zero-order valence-electron chi connectivity index (χ0n) is 15.9. The van der Waals surface area contributed by atoms with Crippen molar-refractivity contribution < 1.29 is 23.0 Å². The number of nitrogens with one attached hydrogen (secondary N) is 2. The average molecular weight is 520 g/mol. The third kappa shape index (κ3) is 6.87. The van der Waals surface area contributed by atoms with Gasteiger partial charge in [-0.25, -0.2) is 4.99 Å². The number of benzene rings is 1. The van der Waals surface area contributed by atoms with Crippen LogP contribution in [-0.2, 0) is 13.0 Å². The molecule has 1 aromatic heterocycles. The third-order valence-electron chi connectivity index (χ3n) is 3.92. The van der Waals surface area contributed by atoms with Gasteiger partial charge >= 0.3 is 6.61 Å². The highest BCUT2D eigenvalue weighted by Crippen LogP contribution is 2.38. The molecule has 0 spiro atoms. The number of alkyl halides is 2. The number of pyridine rings is 1. The minimum Gasteiger partial charge on any atom is -0.454 e. The Morgan fingerprint density at radius 3 is 2.72 bits per heavy atom. The van der Waals surface area contributed by atoms with Crippen LogP contribution in [0.15, 0.2) is 41.5 Å². The molecule has 0 amide bonds. The predicted octanol–water partition coefficient (Wildman–Crippen LogP) is 3.33. The quantitative estimate of drug-likeness (QED) is 0.316. The molecule has 0 aliphatic carbocycles. The molecule has 0 atom stereocenters. The zero-order valence-corrected chi connectivity index (χ0v) is 18.2. The third-order valence-corrected chi connectivity index (χ3v) is 3.92. The Kier molecular flexibility index (Phi) is 9.16. The van der Waals surface area contributed by atoms with Gasteiger partial charge in [0, 0.05) is 43.0 Å². The highest BCUT2D eigenvalue weighted by atomic mass is 127. The lowest BCUT2D eigenvalue weighted by Crippen LogP contribution is -2.38. The van der Waals surface area contributed by atoms with Crippen molar-refractivity contribution in [2.75, 3.05) is 19.9 Å². The van der Waals surface area contributed by atoms with Crippen molar-refractivity contribution in [1.82, 2.24) is 15.6 Å². The molecule has 7 nitrogen and oxygen atoms in total. The Labute approximate surface area is 184 Å². The van der Waals surface area contributed by atoms with Gasteiger partial charge in [-0.15, -0.1) is 24.0 Å². The van der Waals surface area contributed by atoms with Crippen LogP contribution in [0.5, 0.6) is 17.2 Å². The summed E-state index contributed by atoms with van der Waals surface area (Å²) in [6, 6.07) is 8.77. The van der Waals surface area contributed by atoms with Gasteiger partial charge in [0.1, 0.15) is 5.75 Å². The number of rotatable bonds is 8. The fourth-order valence-electron chi connectivity index (χ4n) is 2.66. The predicted molar refractivity (Wildman–Crippen MR) is 115 cm³/mol. The molecule has 0 saturated carbocycles. The summed E-state index contributed by atoms with van der Waals surface area (Å²) in [7, 11) is 0. The van der Waals surface area contributed by atoms with Crippen LogP contribution >= 0.6 is 24.0 Å². The van der Waals surface area contributed by atoms with E-state index in [1.165, 1.54) is 6.07 Å². The van der Waals surface area contributed by atoms with Crippen molar-refractivity contribution in [2.45, 2.75) is 26.5 Å². The van der Waals surface area contributed by atoms with Crippen molar-refractivity contribution in [3.63, 3.8) is 0 Å². The molecule has 0 radical (unpaired) electrons. The van der Waals surface area contributed by atoms with E-state index in [1.54, 1.807) is 12.3 Å². The van der Waals surface area contributed by atoms with Crippen molar-refractivity contribution in [3.8, 4) is 17.2 Å². The van der Waals surface area contributed by atoms with Crippen molar-refractivity contribution >= 4 is 29.9 Å². The summed E-state index contributed by atoms with van der Waals surface area (Å²) in [5, 5.41) is 6.33. The van der Waals surface area contributed by atoms with E-state index < -0.39 is 6.61 Å². The van der Waals surface area contributed by atoms with E-state index in [-0.39, 0.29) is 43.1 Å². The van der Waals surface area contributed by atoms with Gasteiger partial charge in [0.05, 0.1) is 6.54 Å². The van der Waals surface area contributed by atoms with Crippen LogP contribution < -0.4 is 24.8 Å². The molecule has 1 aliphatic rings. The second-order valence-electron chi connectivity index (χ2n) is 5.88. The van der Waals surface area contributed by atoms with E-state index in [2.05, 4.69) is 25.3 Å². The Balaban J connectivity index is 0.00000300. The monoisotopic (exact) mass is 520 g/mol. The number of hydrogen-bond acceptors (Lipinski definition) is 5. The Morgan fingerprint density at radius 2 is 2.03 bits per heavy atom. The summed E-state index contributed by atoms with van der Waals surface area (Å²) in [5.41, 5.74) is 1.45. The topological polar surface area (TPSA) is 77.0 Å². The van der Waals surface area contributed by atoms with Gasteiger partial charge in [-0.05, 0) is 25.1 Å². The van der Waals surface area contributed by atoms with Gasteiger partial charge < -0.3 is 24.8 Å². The SMILES string of the molecule is CCNC(=NCc1cc2c(cc1OC(F)F)OCO2)NCCc1ccccn1.I. The van der Waals surface area contributed by atoms with Gasteiger partial charge in [0.2, 0.25) is 6.79 Å². The summed E-state index contributed by atoms with van der Waals surface area (Å²) in [5.74, 6) is 1.45. The van der Waals surface area contributed by atoms with Crippen LogP contribution in [0.3, 0.4) is 0 Å². The molecule has 29 heavy (non-hydrogen) atoms. The van der Waals surface area contributed by atoms with Gasteiger partial charge in [-0.3, -0.25) is 4.98 Å². The first-order valence-electron chi connectivity index (χ1n) is 8.95. The Bertz CT molecular complexity index is 810. The molecule has 0 bridgehead atoms. The average Bonchev–Trinajstić information content (AvgIpc) is 3.13. The Morgan fingerprint density at radius 1 is 1.24 bits per heavy atom. The number of hydrogen-bond donors (Lipinski definition) is 2. The number of aliphatic imine (C=N–C) groups is 1. The van der Waals surface area contributed by atoms with E-state index in [0.29, 0.717) is 36.1 Å². The molecule has 2 N–H and O–H groups in total. The van der Waals surface area contributed by atoms with E-state index >= 15 is 0 Å². The molecule has 1 aromatic carbocycles. The first-order chi connectivity index (χ1) is 13.7. The standard InChI is InChI=1S/C19H22F2N4O3.HI/c1-2-22-19(24-8-6-14-5-3-4-7-23-14)25-11-13-9-16-17(27-12-26-16)10-15(13)28-18(20)21;/h3-5,7,9-10,18H,2,6,8,11-12H2,1H3,(H2,22,24,25);1H. The summed E-state index contributed by atoms with van der Waals surface area (Å²) < 4.78 is 40.6. The molecule has 0 unspecified atom stereocenters. The maximum Gasteiger partial charge on any atom is 0.387 e. The van der Waals surface area contributed by atoms with Crippen LogP contribution in [0.2, 0.25) is 0 Å². The van der Waals surface area contributed by atoms with Gasteiger partial charge in [0.15, 0.2) is 17.5 Å². The molecule has 3 rings (SSSR count). The number of nitrogens with zero attached hydrogens (tertiary/aromatic N) is 2. The fraction of sp³-hybridized carbons (Fsp3) is 0.368. The number of guanidine groups is 1. The minimum atomic E-state index is -2.94. The Hall–Kier alpha value is -2.37. The van der Waals surface area contributed by atoms with E-state index in [9.17, 15) is 8.78 Å². The van der Waals surface area contributed by atoms with Crippen LogP contribution in [0, 0.1) is 0 Å². The number of aromatic nitrogens is 1. The number of ether oxygens (including phenoxy) is 3. The highest BCUT2D eigenvalue weighted by molar-refractivity contribution is 14.0. The van der Waals surface area contributed by atoms with Gasteiger partial charge in [-0.1, -0.05) is 6.07 Å². The number of halogens is 3. The van der Waals surface area contributed by atoms with Gasteiger partial charge in [0.25, 0.3) is 0 Å². The maximum atomic E-state index is 12.7. The summed E-state index contributed by atoms with van der Waals surface area (Å²) in [6.07, 6.45) is 2.48.